The van der Waals surface area contributed by atoms with Crippen molar-refractivity contribution in [2.24, 2.45) is 22.6 Å². The normalized spacial score (nSPS) is 32.3. The van der Waals surface area contributed by atoms with Gasteiger partial charge in [0.05, 0.1) is 24.9 Å². The van der Waals surface area contributed by atoms with Gasteiger partial charge in [0.1, 0.15) is 5.75 Å². The second-order valence-corrected chi connectivity index (χ2v) is 6.76. The molecule has 114 valence electrons. The Kier molecular flexibility index (Phi) is 3.56. The quantitative estimate of drug-likeness (QED) is 0.909. The van der Waals surface area contributed by atoms with Crippen LogP contribution in [0.15, 0.2) is 29.3 Å². The Hall–Kier alpha value is -1.71. The number of hydrogen-bond acceptors (Lipinski definition) is 4. The van der Waals surface area contributed by atoms with Gasteiger partial charge in [-0.2, -0.15) is 0 Å². The van der Waals surface area contributed by atoms with Crippen LogP contribution in [0.25, 0.3) is 0 Å². The van der Waals surface area contributed by atoms with E-state index in [-0.39, 0.29) is 5.54 Å². The van der Waals surface area contributed by atoms with E-state index in [1.165, 1.54) is 6.42 Å². The molecule has 21 heavy (non-hydrogen) atoms. The Morgan fingerprint density at radius 2 is 1.90 bits per heavy atom. The van der Waals surface area contributed by atoms with Crippen molar-refractivity contribution < 1.29 is 4.74 Å². The van der Waals surface area contributed by atoms with Crippen LogP contribution in [0.3, 0.4) is 0 Å². The minimum absolute atomic E-state index is 0.0236. The Morgan fingerprint density at radius 3 is 2.57 bits per heavy atom. The van der Waals surface area contributed by atoms with Gasteiger partial charge in [-0.1, -0.05) is 26.0 Å². The Labute approximate surface area is 127 Å². The molecule has 1 aliphatic heterocycles. The molecule has 4 heteroatoms. The highest BCUT2D eigenvalue weighted by molar-refractivity contribution is 5.99. The van der Waals surface area contributed by atoms with Gasteiger partial charge in [0.25, 0.3) is 0 Å². The first-order valence-corrected chi connectivity index (χ1v) is 7.79. The highest BCUT2D eigenvalue weighted by atomic mass is 16.5. The Balaban J connectivity index is 2.03. The zero-order chi connectivity index (χ0) is 15.0. The predicted molar refractivity (Wildman–Crippen MR) is 86.9 cm³/mol. The van der Waals surface area contributed by atoms with Crippen LogP contribution in [0.4, 0.5) is 5.69 Å². The number of ether oxygens (including phenoxy) is 1. The molecule has 1 aromatic carbocycles. The van der Waals surface area contributed by atoms with Crippen molar-refractivity contribution in [2.75, 3.05) is 18.6 Å². The molecule has 2 aliphatic rings. The molecule has 3 rings (SSSR count). The van der Waals surface area contributed by atoms with E-state index in [2.05, 4.69) is 29.8 Å². The number of aliphatic imine (C=N–C) groups is 1. The zero-order valence-electron chi connectivity index (χ0n) is 13.2. The fourth-order valence-electron chi connectivity index (χ4n) is 4.35. The highest BCUT2D eigenvalue weighted by Crippen LogP contribution is 2.46. The lowest BCUT2D eigenvalue weighted by molar-refractivity contribution is 0.196. The van der Waals surface area contributed by atoms with Crippen LogP contribution in [0.2, 0.25) is 0 Å². The molecular formula is C17H25N3O. The summed E-state index contributed by atoms with van der Waals surface area (Å²) >= 11 is 0. The van der Waals surface area contributed by atoms with Crippen molar-refractivity contribution in [1.82, 2.24) is 0 Å². The second kappa shape index (κ2) is 5.24. The SMILES string of the molecule is COc1ccccc1N1C(N)=NCC12CC(C)CC(C)C2. The number of methoxy groups -OCH3 is 1. The number of nitrogens with two attached hydrogens (primary N) is 1. The molecule has 0 aromatic heterocycles. The molecule has 1 aromatic rings. The predicted octanol–water partition coefficient (Wildman–Crippen LogP) is 3.02. The largest absolute Gasteiger partial charge is 0.495 e. The lowest BCUT2D eigenvalue weighted by atomic mass is 9.71. The van der Waals surface area contributed by atoms with Gasteiger partial charge < -0.3 is 15.4 Å². The van der Waals surface area contributed by atoms with Crippen LogP contribution in [-0.2, 0) is 0 Å². The van der Waals surface area contributed by atoms with Crippen LogP contribution < -0.4 is 15.4 Å². The molecule has 2 N–H and O–H groups in total. The van der Waals surface area contributed by atoms with E-state index in [1.807, 2.05) is 18.2 Å². The fraction of sp³-hybridized carbons (Fsp3) is 0.588. The van der Waals surface area contributed by atoms with E-state index in [0.717, 1.165) is 30.8 Å². The van der Waals surface area contributed by atoms with Crippen molar-refractivity contribution >= 4 is 11.6 Å². The lowest BCUT2D eigenvalue weighted by Gasteiger charge is -2.46. The third kappa shape index (κ3) is 2.37. The minimum Gasteiger partial charge on any atom is -0.495 e. The van der Waals surface area contributed by atoms with Crippen LogP contribution in [0, 0.1) is 11.8 Å². The third-order valence-corrected chi connectivity index (χ3v) is 4.83. The van der Waals surface area contributed by atoms with Gasteiger partial charge >= 0.3 is 0 Å². The van der Waals surface area contributed by atoms with Gasteiger partial charge in [-0.05, 0) is 43.2 Å². The molecule has 1 heterocycles. The molecule has 0 amide bonds. The van der Waals surface area contributed by atoms with Crippen LogP contribution in [-0.4, -0.2) is 25.2 Å². The average molecular weight is 287 g/mol. The van der Waals surface area contributed by atoms with E-state index in [0.29, 0.717) is 17.8 Å². The van der Waals surface area contributed by atoms with Crippen LogP contribution >= 0.6 is 0 Å². The molecule has 0 saturated heterocycles. The molecule has 0 bridgehead atoms. The molecule has 1 spiro atoms. The molecule has 1 aliphatic carbocycles. The summed E-state index contributed by atoms with van der Waals surface area (Å²) < 4.78 is 5.54. The zero-order valence-corrected chi connectivity index (χ0v) is 13.2. The van der Waals surface area contributed by atoms with Gasteiger partial charge in [-0.3, -0.25) is 4.99 Å². The van der Waals surface area contributed by atoms with Gasteiger partial charge in [-0.25, -0.2) is 0 Å². The maximum atomic E-state index is 6.25. The highest BCUT2D eigenvalue weighted by Gasteiger charge is 2.47. The first-order chi connectivity index (χ1) is 10.1. The molecule has 2 atom stereocenters. The number of rotatable bonds is 2. The van der Waals surface area contributed by atoms with Gasteiger partial charge in [0, 0.05) is 0 Å². The van der Waals surface area contributed by atoms with E-state index < -0.39 is 0 Å². The second-order valence-electron chi connectivity index (χ2n) is 6.76. The summed E-state index contributed by atoms with van der Waals surface area (Å²) in [6.45, 7) is 5.48. The van der Waals surface area contributed by atoms with E-state index >= 15 is 0 Å². The molecule has 1 fully saturated rings. The number of guanidine groups is 1. The summed E-state index contributed by atoms with van der Waals surface area (Å²) in [6, 6.07) is 8.10. The van der Waals surface area contributed by atoms with E-state index in [1.54, 1.807) is 7.11 Å². The van der Waals surface area contributed by atoms with Crippen molar-refractivity contribution in [3.63, 3.8) is 0 Å². The van der Waals surface area contributed by atoms with E-state index in [9.17, 15) is 0 Å². The maximum absolute atomic E-state index is 6.25. The van der Waals surface area contributed by atoms with Crippen molar-refractivity contribution in [1.29, 1.82) is 0 Å². The van der Waals surface area contributed by atoms with Gasteiger partial charge in [0.2, 0.25) is 0 Å². The first-order valence-electron chi connectivity index (χ1n) is 7.79. The van der Waals surface area contributed by atoms with Crippen molar-refractivity contribution in [3.05, 3.63) is 24.3 Å². The van der Waals surface area contributed by atoms with E-state index in [4.69, 9.17) is 10.5 Å². The summed E-state index contributed by atoms with van der Waals surface area (Å²) in [5.41, 5.74) is 7.32. The number of hydrogen-bond donors (Lipinski definition) is 1. The molecule has 2 unspecified atom stereocenters. The number of anilines is 1. The van der Waals surface area contributed by atoms with Crippen molar-refractivity contribution in [3.8, 4) is 5.75 Å². The summed E-state index contributed by atoms with van der Waals surface area (Å²) in [5.74, 6) is 2.89. The molecular weight excluding hydrogens is 262 g/mol. The van der Waals surface area contributed by atoms with Gasteiger partial charge in [-0.15, -0.1) is 0 Å². The first kappa shape index (κ1) is 14.2. The van der Waals surface area contributed by atoms with Crippen LogP contribution in [0.5, 0.6) is 5.75 Å². The molecule has 0 radical (unpaired) electrons. The summed E-state index contributed by atoms with van der Waals surface area (Å²) in [6.07, 6.45) is 3.57. The summed E-state index contributed by atoms with van der Waals surface area (Å²) in [4.78, 5) is 6.81. The fourth-order valence-corrected chi connectivity index (χ4v) is 4.35. The van der Waals surface area contributed by atoms with Gasteiger partial charge in [0.15, 0.2) is 5.96 Å². The third-order valence-electron chi connectivity index (χ3n) is 4.83. The minimum atomic E-state index is 0.0236. The number of benzene rings is 1. The lowest BCUT2D eigenvalue weighted by Crippen LogP contribution is -2.55. The Bertz CT molecular complexity index is 545. The number of para-hydroxylation sites is 2. The standard InChI is InChI=1S/C17H25N3O/c1-12-8-13(2)10-17(9-12)11-19-16(18)20(17)14-6-4-5-7-15(14)21-3/h4-7,12-13H,8-11H2,1-3H3,(H2,18,19). The Morgan fingerprint density at radius 1 is 1.24 bits per heavy atom. The average Bonchev–Trinajstić information content (AvgIpc) is 2.73. The number of nitrogens with zero attached hydrogens (tertiary/aromatic N) is 2. The maximum Gasteiger partial charge on any atom is 0.196 e. The molecule has 1 saturated carbocycles. The topological polar surface area (TPSA) is 50.9 Å². The van der Waals surface area contributed by atoms with Crippen LogP contribution in [0.1, 0.15) is 33.1 Å². The molecule has 4 nitrogen and oxygen atoms in total. The summed E-state index contributed by atoms with van der Waals surface area (Å²) in [5, 5.41) is 0. The smallest absolute Gasteiger partial charge is 0.196 e. The van der Waals surface area contributed by atoms with Crippen molar-refractivity contribution in [2.45, 2.75) is 38.6 Å². The monoisotopic (exact) mass is 287 g/mol. The summed E-state index contributed by atoms with van der Waals surface area (Å²) in [7, 11) is 1.71.